The van der Waals surface area contributed by atoms with E-state index >= 15 is 0 Å². The van der Waals surface area contributed by atoms with Crippen molar-refractivity contribution in [3.8, 4) is 0 Å². The number of morpholine rings is 1. The van der Waals surface area contributed by atoms with Crippen molar-refractivity contribution in [3.63, 3.8) is 0 Å². The number of ether oxygens (including phenoxy) is 1. The minimum atomic E-state index is 0.246. The maximum absolute atomic E-state index is 5.86. The number of benzene rings is 2. The first kappa shape index (κ1) is 14.3. The molecule has 0 bridgehead atoms. The van der Waals surface area contributed by atoms with Gasteiger partial charge in [-0.25, -0.2) is 0 Å². The molecule has 1 saturated heterocycles. The van der Waals surface area contributed by atoms with E-state index in [4.69, 9.17) is 22.7 Å². The lowest BCUT2D eigenvalue weighted by atomic mass is 10.0. The highest BCUT2D eigenvalue weighted by molar-refractivity contribution is 7.80. The standard InChI is InChI=1S/C17H20N2OS/c1-11-10-20-12(2)9-19(11)16-8-7-15(17(18)21)13-5-3-4-6-14(13)16/h3-8,11-12H,9-10H2,1-2H3,(H2,18,21). The van der Waals surface area contributed by atoms with Crippen molar-refractivity contribution in [2.24, 2.45) is 5.73 Å². The van der Waals surface area contributed by atoms with Crippen LogP contribution in [0.1, 0.15) is 19.4 Å². The van der Waals surface area contributed by atoms with E-state index < -0.39 is 0 Å². The summed E-state index contributed by atoms with van der Waals surface area (Å²) in [7, 11) is 0. The zero-order valence-electron chi connectivity index (χ0n) is 12.4. The third-order valence-corrected chi connectivity index (χ3v) is 4.30. The molecule has 0 saturated carbocycles. The van der Waals surface area contributed by atoms with E-state index in [0.29, 0.717) is 11.0 Å². The van der Waals surface area contributed by atoms with Gasteiger partial charge in [0.1, 0.15) is 4.99 Å². The van der Waals surface area contributed by atoms with Gasteiger partial charge in [-0.15, -0.1) is 0 Å². The van der Waals surface area contributed by atoms with Crippen molar-refractivity contribution in [1.29, 1.82) is 0 Å². The van der Waals surface area contributed by atoms with Crippen LogP contribution in [0.4, 0.5) is 5.69 Å². The van der Waals surface area contributed by atoms with Gasteiger partial charge in [0.25, 0.3) is 0 Å². The Morgan fingerprint density at radius 3 is 2.62 bits per heavy atom. The van der Waals surface area contributed by atoms with E-state index in [9.17, 15) is 0 Å². The van der Waals surface area contributed by atoms with Crippen LogP contribution >= 0.6 is 12.2 Å². The van der Waals surface area contributed by atoms with E-state index in [-0.39, 0.29) is 6.10 Å². The van der Waals surface area contributed by atoms with Gasteiger partial charge in [-0.05, 0) is 31.4 Å². The number of fused-ring (bicyclic) bond motifs is 1. The zero-order chi connectivity index (χ0) is 15.0. The fourth-order valence-electron chi connectivity index (χ4n) is 2.99. The van der Waals surface area contributed by atoms with Gasteiger partial charge in [-0.2, -0.15) is 0 Å². The number of nitrogens with two attached hydrogens (primary N) is 1. The van der Waals surface area contributed by atoms with E-state index in [2.05, 4.69) is 43.0 Å². The van der Waals surface area contributed by atoms with E-state index in [1.165, 1.54) is 11.1 Å². The highest BCUT2D eigenvalue weighted by atomic mass is 32.1. The molecule has 2 aromatic carbocycles. The molecule has 0 amide bonds. The number of hydrogen-bond acceptors (Lipinski definition) is 3. The monoisotopic (exact) mass is 300 g/mol. The van der Waals surface area contributed by atoms with Crippen LogP contribution in [0.3, 0.4) is 0 Å². The third kappa shape index (κ3) is 2.61. The topological polar surface area (TPSA) is 38.5 Å². The molecular formula is C17H20N2OS. The molecule has 110 valence electrons. The van der Waals surface area contributed by atoms with Gasteiger partial charge in [-0.3, -0.25) is 0 Å². The van der Waals surface area contributed by atoms with Gasteiger partial charge in [-0.1, -0.05) is 36.5 Å². The highest BCUT2D eigenvalue weighted by Gasteiger charge is 2.25. The highest BCUT2D eigenvalue weighted by Crippen LogP contribution is 2.32. The van der Waals surface area contributed by atoms with Gasteiger partial charge in [0.05, 0.1) is 12.7 Å². The van der Waals surface area contributed by atoms with Gasteiger partial charge < -0.3 is 15.4 Å². The van der Waals surface area contributed by atoms with Crippen LogP contribution in [0.5, 0.6) is 0 Å². The van der Waals surface area contributed by atoms with Gasteiger partial charge in [0.2, 0.25) is 0 Å². The Balaban J connectivity index is 2.15. The van der Waals surface area contributed by atoms with Crippen LogP contribution in [0.15, 0.2) is 36.4 Å². The van der Waals surface area contributed by atoms with Crippen LogP contribution < -0.4 is 10.6 Å². The number of hydrogen-bond donors (Lipinski definition) is 1. The normalized spacial score (nSPS) is 22.5. The lowest BCUT2D eigenvalue weighted by molar-refractivity contribution is 0.0345. The number of nitrogens with zero attached hydrogens (tertiary/aromatic N) is 1. The molecule has 4 heteroatoms. The van der Waals surface area contributed by atoms with E-state index in [1.54, 1.807) is 0 Å². The Labute approximate surface area is 130 Å². The molecule has 1 heterocycles. The largest absolute Gasteiger partial charge is 0.389 e. The minimum absolute atomic E-state index is 0.246. The summed E-state index contributed by atoms with van der Waals surface area (Å²) in [4.78, 5) is 2.86. The summed E-state index contributed by atoms with van der Waals surface area (Å²) in [5.74, 6) is 0. The molecule has 2 aromatic rings. The summed E-state index contributed by atoms with van der Waals surface area (Å²) in [6.45, 7) is 5.97. The van der Waals surface area contributed by atoms with Crippen molar-refractivity contribution in [3.05, 3.63) is 42.0 Å². The van der Waals surface area contributed by atoms with Crippen molar-refractivity contribution in [1.82, 2.24) is 0 Å². The molecule has 2 unspecified atom stereocenters. The molecule has 1 aliphatic heterocycles. The molecule has 3 nitrogen and oxygen atoms in total. The SMILES string of the molecule is CC1CN(c2ccc(C(N)=S)c3ccccc23)C(C)CO1. The van der Waals surface area contributed by atoms with E-state index in [1.807, 2.05) is 12.1 Å². The average molecular weight is 300 g/mol. The van der Waals surface area contributed by atoms with Crippen LogP contribution in [0.2, 0.25) is 0 Å². The van der Waals surface area contributed by atoms with Crippen LogP contribution in [-0.2, 0) is 4.74 Å². The van der Waals surface area contributed by atoms with Crippen molar-refractivity contribution in [2.45, 2.75) is 26.0 Å². The van der Waals surface area contributed by atoms with Gasteiger partial charge in [0, 0.05) is 29.2 Å². The summed E-state index contributed by atoms with van der Waals surface area (Å²) < 4.78 is 5.73. The molecule has 1 fully saturated rings. The summed E-state index contributed by atoms with van der Waals surface area (Å²) >= 11 is 5.18. The molecule has 2 atom stereocenters. The third-order valence-electron chi connectivity index (χ3n) is 4.08. The predicted octanol–water partition coefficient (Wildman–Crippen LogP) is 3.09. The number of thiocarbonyl (C=S) groups is 1. The summed E-state index contributed by atoms with van der Waals surface area (Å²) in [6, 6.07) is 12.8. The Hall–Kier alpha value is -1.65. The Bertz CT molecular complexity index is 686. The van der Waals surface area contributed by atoms with Crippen molar-refractivity contribution >= 4 is 33.7 Å². The Kier molecular flexibility index (Phi) is 3.83. The molecule has 2 N–H and O–H groups in total. The van der Waals surface area contributed by atoms with Crippen LogP contribution in [0.25, 0.3) is 10.8 Å². The van der Waals surface area contributed by atoms with Crippen molar-refractivity contribution in [2.75, 3.05) is 18.1 Å². The molecule has 0 spiro atoms. The quantitative estimate of drug-likeness (QED) is 0.865. The summed E-state index contributed by atoms with van der Waals surface area (Å²) in [5.41, 5.74) is 8.03. The molecule has 0 radical (unpaired) electrons. The number of rotatable bonds is 2. The van der Waals surface area contributed by atoms with Gasteiger partial charge >= 0.3 is 0 Å². The molecule has 21 heavy (non-hydrogen) atoms. The van der Waals surface area contributed by atoms with Crippen LogP contribution in [-0.4, -0.2) is 30.3 Å². The first-order valence-corrected chi connectivity index (χ1v) is 7.68. The van der Waals surface area contributed by atoms with Gasteiger partial charge in [0.15, 0.2) is 0 Å². The zero-order valence-corrected chi connectivity index (χ0v) is 13.2. The molecular weight excluding hydrogens is 280 g/mol. The lowest BCUT2D eigenvalue weighted by Crippen LogP contribution is -2.47. The smallest absolute Gasteiger partial charge is 0.104 e. The predicted molar refractivity (Wildman–Crippen MR) is 92.1 cm³/mol. The maximum Gasteiger partial charge on any atom is 0.104 e. The first-order valence-electron chi connectivity index (χ1n) is 7.27. The molecule has 1 aliphatic rings. The Morgan fingerprint density at radius 1 is 1.19 bits per heavy atom. The summed E-state index contributed by atoms with van der Waals surface area (Å²) in [6.07, 6.45) is 0.246. The minimum Gasteiger partial charge on any atom is -0.389 e. The molecule has 0 aromatic heterocycles. The fourth-order valence-corrected chi connectivity index (χ4v) is 3.17. The summed E-state index contributed by atoms with van der Waals surface area (Å²) in [5, 5.41) is 2.32. The second-order valence-corrected chi connectivity index (χ2v) is 6.13. The second kappa shape index (κ2) is 5.62. The molecule has 3 rings (SSSR count). The lowest BCUT2D eigenvalue weighted by Gasteiger charge is -2.39. The second-order valence-electron chi connectivity index (χ2n) is 5.69. The average Bonchev–Trinajstić information content (AvgIpc) is 2.48. The number of anilines is 1. The van der Waals surface area contributed by atoms with Crippen LogP contribution in [0, 0.1) is 0 Å². The fraction of sp³-hybridized carbons (Fsp3) is 0.353. The first-order chi connectivity index (χ1) is 10.1. The van der Waals surface area contributed by atoms with E-state index in [0.717, 1.165) is 24.1 Å². The molecule has 0 aliphatic carbocycles. The Morgan fingerprint density at radius 2 is 1.90 bits per heavy atom. The van der Waals surface area contributed by atoms with Crippen molar-refractivity contribution < 1.29 is 4.74 Å². The maximum atomic E-state index is 5.86.